The Kier molecular flexibility index (Phi) is 5.56. The summed E-state index contributed by atoms with van der Waals surface area (Å²) < 4.78 is 39.4. The van der Waals surface area contributed by atoms with Gasteiger partial charge in [0.25, 0.3) is 0 Å². The monoisotopic (exact) mass is 316 g/mol. The third kappa shape index (κ3) is 5.32. The Labute approximate surface area is 120 Å². The number of aliphatic carboxylic acids is 1. The molecule has 1 aromatic carbocycles. The lowest BCUT2D eigenvalue weighted by Crippen LogP contribution is -2.28. The molecule has 0 radical (unpaired) electrons. The van der Waals surface area contributed by atoms with Crippen LogP contribution in [0.4, 0.5) is 4.39 Å². The molecule has 4 N–H and O–H groups in total. The minimum atomic E-state index is -4.11. The highest BCUT2D eigenvalue weighted by molar-refractivity contribution is 7.89. The highest BCUT2D eigenvalue weighted by Crippen LogP contribution is 2.16. The Hall–Kier alpha value is -2.26. The van der Waals surface area contributed by atoms with E-state index in [1.807, 2.05) is 4.72 Å². The number of benzene rings is 1. The number of amides is 1. The molecule has 0 heterocycles. The zero-order valence-corrected chi connectivity index (χ0v) is 11.6. The van der Waals surface area contributed by atoms with Gasteiger partial charge in [0.2, 0.25) is 15.9 Å². The molecule has 0 saturated carbocycles. The molecule has 0 aromatic heterocycles. The number of carbonyl (C=O) groups excluding carboxylic acids is 1. The maximum Gasteiger partial charge on any atom is 0.328 e. The van der Waals surface area contributed by atoms with Gasteiger partial charge in [-0.3, -0.25) is 4.79 Å². The Morgan fingerprint density at radius 2 is 2.05 bits per heavy atom. The molecule has 0 saturated heterocycles. The first-order chi connectivity index (χ1) is 9.72. The van der Waals surface area contributed by atoms with Crippen LogP contribution < -0.4 is 10.5 Å². The quantitative estimate of drug-likeness (QED) is 0.614. The smallest absolute Gasteiger partial charge is 0.328 e. The van der Waals surface area contributed by atoms with Crippen molar-refractivity contribution in [1.29, 1.82) is 0 Å². The summed E-state index contributed by atoms with van der Waals surface area (Å²) in [4.78, 5) is 20.3. The minimum Gasteiger partial charge on any atom is -0.478 e. The number of primary amides is 1. The number of hydrogen-bond acceptors (Lipinski definition) is 4. The van der Waals surface area contributed by atoms with Gasteiger partial charge in [0.05, 0.1) is 0 Å². The van der Waals surface area contributed by atoms with Crippen molar-refractivity contribution in [2.75, 3.05) is 6.54 Å². The molecule has 0 aliphatic rings. The average molecular weight is 316 g/mol. The van der Waals surface area contributed by atoms with Crippen LogP contribution in [0, 0.1) is 5.82 Å². The van der Waals surface area contributed by atoms with Crippen LogP contribution in [0.1, 0.15) is 12.0 Å². The van der Waals surface area contributed by atoms with Crippen LogP contribution in [-0.4, -0.2) is 31.9 Å². The number of hydrogen-bond donors (Lipinski definition) is 3. The van der Waals surface area contributed by atoms with Gasteiger partial charge in [0, 0.05) is 19.0 Å². The molecule has 1 amide bonds. The topological polar surface area (TPSA) is 127 Å². The molecule has 0 fully saturated rings. The number of halogens is 1. The Morgan fingerprint density at radius 3 is 2.57 bits per heavy atom. The normalized spacial score (nSPS) is 11.7. The molecule has 9 heteroatoms. The number of carbonyl (C=O) groups is 2. The van der Waals surface area contributed by atoms with Crippen molar-refractivity contribution >= 4 is 28.0 Å². The van der Waals surface area contributed by atoms with Crippen molar-refractivity contribution in [3.63, 3.8) is 0 Å². The van der Waals surface area contributed by atoms with Crippen LogP contribution in [0.25, 0.3) is 6.08 Å². The molecule has 7 nitrogen and oxygen atoms in total. The summed E-state index contributed by atoms with van der Waals surface area (Å²) >= 11 is 0. The zero-order chi connectivity index (χ0) is 16.0. The highest BCUT2D eigenvalue weighted by Gasteiger charge is 2.18. The summed E-state index contributed by atoms with van der Waals surface area (Å²) in [5.41, 5.74) is 5.06. The van der Waals surface area contributed by atoms with Gasteiger partial charge in [-0.05, 0) is 23.8 Å². The first-order valence-electron chi connectivity index (χ1n) is 5.71. The third-order valence-electron chi connectivity index (χ3n) is 2.33. The van der Waals surface area contributed by atoms with Crippen molar-refractivity contribution in [2.45, 2.75) is 11.3 Å². The van der Waals surface area contributed by atoms with Crippen LogP contribution in [0.5, 0.6) is 0 Å². The van der Waals surface area contributed by atoms with Crippen LogP contribution in [0.2, 0.25) is 0 Å². The maximum atomic E-state index is 13.8. The van der Waals surface area contributed by atoms with Crippen molar-refractivity contribution in [2.24, 2.45) is 5.73 Å². The largest absolute Gasteiger partial charge is 0.478 e. The molecule has 0 spiro atoms. The predicted octanol–water partition coefficient (Wildman–Crippen LogP) is 0.0772. The summed E-state index contributed by atoms with van der Waals surface area (Å²) in [6.07, 6.45) is 1.72. The van der Waals surface area contributed by atoms with Gasteiger partial charge >= 0.3 is 5.97 Å². The van der Waals surface area contributed by atoms with Crippen LogP contribution >= 0.6 is 0 Å². The lowest BCUT2D eigenvalue weighted by atomic mass is 10.2. The third-order valence-corrected chi connectivity index (χ3v) is 3.82. The van der Waals surface area contributed by atoms with Crippen molar-refractivity contribution in [1.82, 2.24) is 4.72 Å². The molecular weight excluding hydrogens is 303 g/mol. The molecule has 0 aliphatic carbocycles. The number of nitrogens with two attached hydrogens (primary N) is 1. The molecule has 21 heavy (non-hydrogen) atoms. The average Bonchev–Trinajstić information content (AvgIpc) is 2.35. The van der Waals surface area contributed by atoms with E-state index in [1.54, 1.807) is 0 Å². The number of sulfonamides is 1. The fraction of sp³-hybridized carbons (Fsp3) is 0.167. The van der Waals surface area contributed by atoms with E-state index in [1.165, 1.54) is 6.07 Å². The molecule has 0 aliphatic heterocycles. The van der Waals surface area contributed by atoms with Gasteiger partial charge in [0.1, 0.15) is 10.7 Å². The van der Waals surface area contributed by atoms with Crippen molar-refractivity contribution < 1.29 is 27.5 Å². The van der Waals surface area contributed by atoms with E-state index in [0.717, 1.165) is 24.3 Å². The van der Waals surface area contributed by atoms with E-state index in [9.17, 15) is 22.4 Å². The standard InChI is InChI=1S/C12H13FN2O5S/c13-9-7-8(2-4-12(17)18)1-3-10(9)21(19,20)15-6-5-11(14)16/h1-4,7,15H,5-6H2,(H2,14,16)(H,17,18)/b4-2+. The summed E-state index contributed by atoms with van der Waals surface area (Å²) in [6, 6.07) is 3.15. The number of carboxylic acids is 1. The predicted molar refractivity (Wildman–Crippen MR) is 72.1 cm³/mol. The van der Waals surface area contributed by atoms with E-state index in [4.69, 9.17) is 10.8 Å². The zero-order valence-electron chi connectivity index (χ0n) is 10.7. The van der Waals surface area contributed by atoms with Gasteiger partial charge in [0.15, 0.2) is 0 Å². The second kappa shape index (κ2) is 6.95. The Balaban J connectivity index is 2.93. The lowest BCUT2D eigenvalue weighted by molar-refractivity contribution is -0.131. The number of nitrogens with one attached hydrogen (secondary N) is 1. The van der Waals surface area contributed by atoms with E-state index in [2.05, 4.69) is 0 Å². The van der Waals surface area contributed by atoms with Gasteiger partial charge < -0.3 is 10.8 Å². The van der Waals surface area contributed by atoms with Gasteiger partial charge in [-0.2, -0.15) is 0 Å². The Morgan fingerprint density at radius 1 is 1.38 bits per heavy atom. The number of rotatable bonds is 7. The summed E-state index contributed by atoms with van der Waals surface area (Å²) in [7, 11) is -4.11. The SMILES string of the molecule is NC(=O)CCNS(=O)(=O)c1ccc(/C=C/C(=O)O)cc1F. The maximum absolute atomic E-state index is 13.8. The first kappa shape index (κ1) is 16.8. The van der Waals surface area contributed by atoms with Crippen LogP contribution in [0.15, 0.2) is 29.2 Å². The molecule has 0 atom stereocenters. The van der Waals surface area contributed by atoms with Gasteiger partial charge in [-0.15, -0.1) is 0 Å². The summed E-state index contributed by atoms with van der Waals surface area (Å²) in [5, 5.41) is 8.45. The second-order valence-electron chi connectivity index (χ2n) is 3.98. The van der Waals surface area contributed by atoms with E-state index in [-0.39, 0.29) is 18.5 Å². The summed E-state index contributed by atoms with van der Waals surface area (Å²) in [6.45, 7) is -0.238. The van der Waals surface area contributed by atoms with Crippen molar-refractivity contribution in [3.05, 3.63) is 35.7 Å². The van der Waals surface area contributed by atoms with Gasteiger partial charge in [-0.1, -0.05) is 6.07 Å². The van der Waals surface area contributed by atoms with Crippen LogP contribution in [-0.2, 0) is 19.6 Å². The lowest BCUT2D eigenvalue weighted by Gasteiger charge is -2.07. The molecule has 0 bridgehead atoms. The Bertz CT molecular complexity index is 685. The minimum absolute atomic E-state index is 0.200. The first-order valence-corrected chi connectivity index (χ1v) is 7.19. The molecular formula is C12H13FN2O5S. The van der Waals surface area contributed by atoms with E-state index >= 15 is 0 Å². The second-order valence-corrected chi connectivity index (χ2v) is 5.71. The van der Waals surface area contributed by atoms with Crippen LogP contribution in [0.3, 0.4) is 0 Å². The summed E-state index contributed by atoms with van der Waals surface area (Å²) in [5.74, 6) is -2.93. The van der Waals surface area contributed by atoms with Crippen molar-refractivity contribution in [3.8, 4) is 0 Å². The molecule has 114 valence electrons. The molecule has 1 rings (SSSR count). The van der Waals surface area contributed by atoms with E-state index in [0.29, 0.717) is 0 Å². The highest BCUT2D eigenvalue weighted by atomic mass is 32.2. The molecule has 1 aromatic rings. The molecule has 0 unspecified atom stereocenters. The fourth-order valence-electron chi connectivity index (χ4n) is 1.39. The van der Waals surface area contributed by atoms with Gasteiger partial charge in [-0.25, -0.2) is 22.3 Å². The van der Waals surface area contributed by atoms with E-state index < -0.39 is 32.6 Å². The fourth-order valence-corrected chi connectivity index (χ4v) is 2.48. The number of carboxylic acid groups (broad SMARTS) is 1.